The van der Waals surface area contributed by atoms with Crippen LogP contribution < -0.4 is 0 Å². The molecule has 0 aromatic carbocycles. The molecule has 0 fully saturated rings. The van der Waals surface area contributed by atoms with Gasteiger partial charge in [-0.1, -0.05) is 0 Å². The Balaban J connectivity index is 2.76. The number of aryl methyl sites for hydroxylation is 1. The Kier molecular flexibility index (Phi) is 3.42. The van der Waals surface area contributed by atoms with Gasteiger partial charge >= 0.3 is 0 Å². The number of nitrogens with one attached hydrogen (secondary N) is 1. The van der Waals surface area contributed by atoms with Crippen LogP contribution in [0.15, 0.2) is 0 Å². The van der Waals surface area contributed by atoms with Crippen LogP contribution >= 0.6 is 0 Å². The van der Waals surface area contributed by atoms with Crippen LogP contribution in [0, 0.1) is 6.92 Å². The van der Waals surface area contributed by atoms with Gasteiger partial charge in [0.25, 0.3) is 10.2 Å². The first-order valence-electron chi connectivity index (χ1n) is 4.35. The monoisotopic (exact) mass is 233 g/mol. The summed E-state index contributed by atoms with van der Waals surface area (Å²) in [7, 11) is 1.06. The van der Waals surface area contributed by atoms with Crippen molar-refractivity contribution in [3.8, 4) is 0 Å². The van der Waals surface area contributed by atoms with Crippen molar-refractivity contribution < 1.29 is 8.42 Å². The molecule has 0 radical (unpaired) electrons. The molecule has 0 aliphatic heterocycles. The summed E-state index contributed by atoms with van der Waals surface area (Å²) in [6.07, 6.45) is 0. The van der Waals surface area contributed by atoms with Gasteiger partial charge in [0.2, 0.25) is 0 Å². The van der Waals surface area contributed by atoms with Gasteiger partial charge in [0.15, 0.2) is 5.82 Å². The Bertz CT molecular complexity index is 424. The van der Waals surface area contributed by atoms with Gasteiger partial charge < -0.3 is 0 Å². The van der Waals surface area contributed by atoms with Crippen LogP contribution in [-0.2, 0) is 16.8 Å². The molecule has 1 N–H and O–H groups in total. The predicted molar refractivity (Wildman–Crippen MR) is 55.2 cm³/mol. The summed E-state index contributed by atoms with van der Waals surface area (Å²) in [5, 5.41) is 6.53. The van der Waals surface area contributed by atoms with Crippen LogP contribution in [0.1, 0.15) is 11.6 Å². The van der Waals surface area contributed by atoms with Gasteiger partial charge in [0.1, 0.15) is 5.82 Å². The van der Waals surface area contributed by atoms with E-state index in [-0.39, 0.29) is 6.54 Å². The van der Waals surface area contributed by atoms with Crippen molar-refractivity contribution in [1.82, 2.24) is 23.8 Å². The molecule has 15 heavy (non-hydrogen) atoms. The number of H-pyrrole nitrogens is 1. The zero-order chi connectivity index (χ0) is 11.6. The standard InChI is InChI=1S/C7H15N5O2S/c1-6-8-7(10-9-6)5-12(4)15(13,14)11(2)3/h5H2,1-4H3,(H,8,9,10). The lowest BCUT2D eigenvalue weighted by atomic mass is 10.6. The minimum absolute atomic E-state index is 0.158. The van der Waals surface area contributed by atoms with Crippen molar-refractivity contribution >= 4 is 10.2 Å². The van der Waals surface area contributed by atoms with Gasteiger partial charge in [-0.25, -0.2) is 4.98 Å². The molecule has 0 saturated heterocycles. The molecule has 0 aliphatic carbocycles. The van der Waals surface area contributed by atoms with Crippen molar-refractivity contribution in [2.75, 3.05) is 21.1 Å². The Morgan fingerprint density at radius 2 is 1.93 bits per heavy atom. The molecule has 1 heterocycles. The van der Waals surface area contributed by atoms with Gasteiger partial charge in [-0.3, -0.25) is 5.10 Å². The Hall–Kier alpha value is -0.990. The van der Waals surface area contributed by atoms with Crippen LogP contribution in [0.25, 0.3) is 0 Å². The highest BCUT2D eigenvalue weighted by molar-refractivity contribution is 7.86. The Morgan fingerprint density at radius 3 is 2.33 bits per heavy atom. The van der Waals surface area contributed by atoms with E-state index >= 15 is 0 Å². The number of rotatable bonds is 4. The Labute approximate surface area is 89.3 Å². The van der Waals surface area contributed by atoms with Crippen molar-refractivity contribution in [3.63, 3.8) is 0 Å². The molecule has 0 spiro atoms. The molecule has 0 unspecified atom stereocenters. The van der Waals surface area contributed by atoms with E-state index < -0.39 is 10.2 Å². The fourth-order valence-corrected chi connectivity index (χ4v) is 1.86. The van der Waals surface area contributed by atoms with Crippen LogP contribution in [0.3, 0.4) is 0 Å². The highest BCUT2D eigenvalue weighted by atomic mass is 32.2. The van der Waals surface area contributed by atoms with Crippen LogP contribution in [0.5, 0.6) is 0 Å². The summed E-state index contributed by atoms with van der Waals surface area (Å²) in [6, 6.07) is 0. The van der Waals surface area contributed by atoms with Gasteiger partial charge in [-0.2, -0.15) is 22.1 Å². The van der Waals surface area contributed by atoms with Crippen molar-refractivity contribution in [3.05, 3.63) is 11.6 Å². The normalized spacial score (nSPS) is 12.7. The molecule has 0 aliphatic rings. The topological polar surface area (TPSA) is 82.2 Å². The second-order valence-electron chi connectivity index (χ2n) is 3.38. The van der Waals surface area contributed by atoms with E-state index in [4.69, 9.17) is 0 Å². The maximum absolute atomic E-state index is 11.6. The highest BCUT2D eigenvalue weighted by Crippen LogP contribution is 2.05. The summed E-state index contributed by atoms with van der Waals surface area (Å²) < 4.78 is 25.6. The fraction of sp³-hybridized carbons (Fsp3) is 0.714. The van der Waals surface area contributed by atoms with E-state index in [0.717, 1.165) is 4.31 Å². The summed E-state index contributed by atoms with van der Waals surface area (Å²) in [5.41, 5.74) is 0. The lowest BCUT2D eigenvalue weighted by Gasteiger charge is -2.19. The quantitative estimate of drug-likeness (QED) is 0.749. The molecule has 7 nitrogen and oxygen atoms in total. The molecule has 1 aromatic rings. The number of hydrogen-bond donors (Lipinski definition) is 1. The first-order valence-corrected chi connectivity index (χ1v) is 5.75. The van der Waals surface area contributed by atoms with E-state index in [0.29, 0.717) is 11.6 Å². The van der Waals surface area contributed by atoms with E-state index in [2.05, 4.69) is 15.2 Å². The molecule has 86 valence electrons. The van der Waals surface area contributed by atoms with Crippen LogP contribution in [-0.4, -0.2) is 53.4 Å². The second kappa shape index (κ2) is 4.25. The lowest BCUT2D eigenvalue weighted by molar-refractivity contribution is 0.408. The predicted octanol–water partition coefficient (Wildman–Crippen LogP) is -0.649. The first-order chi connectivity index (χ1) is 6.84. The molecule has 1 aromatic heterocycles. The number of aromatic amines is 1. The van der Waals surface area contributed by atoms with Gasteiger partial charge in [0, 0.05) is 21.1 Å². The number of hydrogen-bond acceptors (Lipinski definition) is 4. The highest BCUT2D eigenvalue weighted by Gasteiger charge is 2.21. The van der Waals surface area contributed by atoms with Gasteiger partial charge in [-0.15, -0.1) is 0 Å². The van der Waals surface area contributed by atoms with Gasteiger partial charge in [0.05, 0.1) is 6.54 Å². The van der Waals surface area contributed by atoms with Crippen LogP contribution in [0.4, 0.5) is 0 Å². The summed E-state index contributed by atoms with van der Waals surface area (Å²) in [5.74, 6) is 1.13. The molecule has 0 bridgehead atoms. The molecule has 0 saturated carbocycles. The number of nitrogens with zero attached hydrogens (tertiary/aromatic N) is 4. The SMILES string of the molecule is Cc1nc(CN(C)S(=O)(=O)N(C)C)n[nH]1. The van der Waals surface area contributed by atoms with E-state index in [1.54, 1.807) is 6.92 Å². The third kappa shape index (κ3) is 2.74. The fourth-order valence-electron chi connectivity index (χ4n) is 1.02. The Morgan fingerprint density at radius 1 is 1.33 bits per heavy atom. The second-order valence-corrected chi connectivity index (χ2v) is 5.63. The molecular weight excluding hydrogens is 218 g/mol. The average molecular weight is 233 g/mol. The summed E-state index contributed by atoms with van der Waals surface area (Å²) in [4.78, 5) is 4.03. The third-order valence-electron chi connectivity index (χ3n) is 1.86. The molecule has 8 heteroatoms. The van der Waals surface area contributed by atoms with E-state index in [1.807, 2.05) is 0 Å². The number of aromatic nitrogens is 3. The third-order valence-corrected chi connectivity index (χ3v) is 3.70. The van der Waals surface area contributed by atoms with Crippen LogP contribution in [0.2, 0.25) is 0 Å². The van der Waals surface area contributed by atoms with E-state index in [1.165, 1.54) is 25.4 Å². The minimum Gasteiger partial charge on any atom is -0.263 e. The molecule has 0 amide bonds. The lowest BCUT2D eigenvalue weighted by Crippen LogP contribution is -2.37. The largest absolute Gasteiger partial charge is 0.281 e. The maximum Gasteiger partial charge on any atom is 0.281 e. The summed E-state index contributed by atoms with van der Waals surface area (Å²) >= 11 is 0. The average Bonchev–Trinajstić information content (AvgIpc) is 2.50. The van der Waals surface area contributed by atoms with Crippen molar-refractivity contribution in [2.24, 2.45) is 0 Å². The minimum atomic E-state index is -3.39. The molecule has 1 rings (SSSR count). The zero-order valence-corrected chi connectivity index (χ0v) is 10.0. The van der Waals surface area contributed by atoms with Gasteiger partial charge in [-0.05, 0) is 6.92 Å². The molecule has 0 atom stereocenters. The van der Waals surface area contributed by atoms with E-state index in [9.17, 15) is 8.42 Å². The molecular formula is C7H15N5O2S. The zero-order valence-electron chi connectivity index (χ0n) is 9.22. The summed E-state index contributed by atoms with van der Waals surface area (Å²) in [6.45, 7) is 1.92. The van der Waals surface area contributed by atoms with Crippen molar-refractivity contribution in [1.29, 1.82) is 0 Å². The smallest absolute Gasteiger partial charge is 0.263 e. The van der Waals surface area contributed by atoms with Crippen molar-refractivity contribution in [2.45, 2.75) is 13.5 Å². The first kappa shape index (κ1) is 12.1. The maximum atomic E-state index is 11.6.